The minimum atomic E-state index is -1.59. The molecule has 30 heavy (non-hydrogen) atoms. The van der Waals surface area contributed by atoms with Crippen molar-refractivity contribution in [2.75, 3.05) is 0 Å². The van der Waals surface area contributed by atoms with Crippen molar-refractivity contribution in [3.05, 3.63) is 71.8 Å². The number of aliphatic hydroxyl groups is 1. The molecule has 8 nitrogen and oxygen atoms in total. The van der Waals surface area contributed by atoms with E-state index in [0.29, 0.717) is 0 Å². The number of rotatable bonds is 5. The van der Waals surface area contributed by atoms with E-state index < -0.39 is 48.6 Å². The first-order valence-corrected chi connectivity index (χ1v) is 9.39. The lowest BCUT2D eigenvalue weighted by atomic mass is 9.98. The van der Waals surface area contributed by atoms with E-state index in [2.05, 4.69) is 0 Å². The van der Waals surface area contributed by atoms with Crippen LogP contribution in [-0.2, 0) is 23.7 Å². The summed E-state index contributed by atoms with van der Waals surface area (Å²) >= 11 is 0. The number of carbonyl (C=O) groups is 3. The molecular weight excluding hydrogens is 392 g/mol. The molecule has 1 aliphatic heterocycles. The molecule has 5 atom stereocenters. The van der Waals surface area contributed by atoms with Crippen molar-refractivity contribution in [1.82, 2.24) is 0 Å². The van der Waals surface area contributed by atoms with Gasteiger partial charge < -0.3 is 24.1 Å². The van der Waals surface area contributed by atoms with Crippen molar-refractivity contribution < 1.29 is 38.4 Å². The Morgan fingerprint density at radius 1 is 0.767 bits per heavy atom. The Hall–Kier alpha value is -3.23. The zero-order valence-electron chi connectivity index (χ0n) is 16.5. The van der Waals surface area contributed by atoms with E-state index in [1.165, 1.54) is 19.1 Å². The minimum Gasteiger partial charge on any atom is -0.456 e. The topological polar surface area (TPSA) is 108 Å². The molecule has 1 fully saturated rings. The molecule has 0 bridgehead atoms. The molecule has 0 spiro atoms. The Morgan fingerprint density at radius 3 is 1.70 bits per heavy atom. The summed E-state index contributed by atoms with van der Waals surface area (Å²) in [5.41, 5.74) is 0.487. The number of benzene rings is 2. The van der Waals surface area contributed by atoms with Crippen molar-refractivity contribution in [3.63, 3.8) is 0 Å². The first-order valence-electron chi connectivity index (χ1n) is 9.39. The zero-order chi connectivity index (χ0) is 21.7. The second-order valence-corrected chi connectivity index (χ2v) is 6.78. The van der Waals surface area contributed by atoms with Gasteiger partial charge in [-0.3, -0.25) is 4.79 Å². The Balaban J connectivity index is 1.88. The van der Waals surface area contributed by atoms with Gasteiger partial charge in [-0.1, -0.05) is 36.4 Å². The first-order chi connectivity index (χ1) is 14.4. The number of carbonyl (C=O) groups excluding carboxylic acids is 3. The van der Waals surface area contributed by atoms with Gasteiger partial charge in [0.05, 0.1) is 17.2 Å². The molecule has 1 saturated heterocycles. The van der Waals surface area contributed by atoms with Gasteiger partial charge in [-0.2, -0.15) is 0 Å². The lowest BCUT2D eigenvalue weighted by molar-refractivity contribution is -0.279. The van der Waals surface area contributed by atoms with E-state index >= 15 is 0 Å². The van der Waals surface area contributed by atoms with Crippen LogP contribution < -0.4 is 0 Å². The summed E-state index contributed by atoms with van der Waals surface area (Å²) < 4.78 is 21.6. The Labute approximate surface area is 173 Å². The highest BCUT2D eigenvalue weighted by atomic mass is 16.7. The highest BCUT2D eigenvalue weighted by Gasteiger charge is 2.50. The molecule has 0 aromatic heterocycles. The summed E-state index contributed by atoms with van der Waals surface area (Å²) in [7, 11) is 0. The lowest BCUT2D eigenvalue weighted by Crippen LogP contribution is -2.60. The smallest absolute Gasteiger partial charge is 0.338 e. The van der Waals surface area contributed by atoms with Gasteiger partial charge in [-0.15, -0.1) is 0 Å². The fourth-order valence-corrected chi connectivity index (χ4v) is 3.14. The van der Waals surface area contributed by atoms with Crippen LogP contribution in [0.3, 0.4) is 0 Å². The molecule has 1 heterocycles. The summed E-state index contributed by atoms with van der Waals surface area (Å²) in [5, 5.41) is 10.4. The molecule has 0 amide bonds. The van der Waals surface area contributed by atoms with Crippen LogP contribution in [0.1, 0.15) is 34.6 Å². The Morgan fingerprint density at radius 2 is 1.23 bits per heavy atom. The standard InChI is InChI=1S/C22H22O8/c1-13-17(28-14(2)23)18(29-20(24)15-9-5-3-6-10-15)19(22(26)27-13)30-21(25)16-11-7-4-8-12-16/h3-13,17-19,22,26H,1-2H3/t13-,17+,18+,19-,22+/m0/s1. The highest BCUT2D eigenvalue weighted by Crippen LogP contribution is 2.28. The van der Waals surface area contributed by atoms with Crippen molar-refractivity contribution in [2.45, 2.75) is 44.6 Å². The number of esters is 3. The van der Waals surface area contributed by atoms with E-state index in [1.54, 1.807) is 55.5 Å². The van der Waals surface area contributed by atoms with Gasteiger partial charge in [0, 0.05) is 6.92 Å². The fourth-order valence-electron chi connectivity index (χ4n) is 3.14. The maximum absolute atomic E-state index is 12.6. The van der Waals surface area contributed by atoms with Crippen molar-refractivity contribution >= 4 is 17.9 Å². The molecule has 8 heteroatoms. The van der Waals surface area contributed by atoms with Crippen molar-refractivity contribution in [3.8, 4) is 0 Å². The van der Waals surface area contributed by atoms with E-state index in [0.717, 1.165) is 0 Å². The van der Waals surface area contributed by atoms with Gasteiger partial charge in [-0.05, 0) is 31.2 Å². The van der Waals surface area contributed by atoms with Crippen LogP contribution >= 0.6 is 0 Å². The summed E-state index contributed by atoms with van der Waals surface area (Å²) in [5.74, 6) is -2.11. The lowest BCUT2D eigenvalue weighted by Gasteiger charge is -2.42. The molecule has 0 unspecified atom stereocenters. The second kappa shape index (κ2) is 9.51. The summed E-state index contributed by atoms with van der Waals surface area (Å²) in [6.45, 7) is 2.74. The molecular formula is C22H22O8. The molecule has 0 saturated carbocycles. The summed E-state index contributed by atoms with van der Waals surface area (Å²) in [4.78, 5) is 36.8. The fraction of sp³-hybridized carbons (Fsp3) is 0.318. The number of ether oxygens (including phenoxy) is 4. The number of hydrogen-bond donors (Lipinski definition) is 1. The SMILES string of the molecule is CC(=O)O[C@H]1[C@@H](OC(=O)c2ccccc2)[C@H](OC(=O)c2ccccc2)[C@H](O)O[C@H]1C. The monoisotopic (exact) mass is 414 g/mol. The van der Waals surface area contributed by atoms with Crippen LogP contribution in [-0.4, -0.2) is 53.7 Å². The molecule has 2 aromatic carbocycles. The molecule has 1 aliphatic rings. The van der Waals surface area contributed by atoms with E-state index in [4.69, 9.17) is 18.9 Å². The van der Waals surface area contributed by atoms with Gasteiger partial charge in [-0.25, -0.2) is 9.59 Å². The predicted molar refractivity (Wildman–Crippen MR) is 103 cm³/mol. The molecule has 0 aliphatic carbocycles. The third kappa shape index (κ3) is 5.03. The van der Waals surface area contributed by atoms with Gasteiger partial charge in [0.25, 0.3) is 0 Å². The normalized spacial score (nSPS) is 25.8. The van der Waals surface area contributed by atoms with Crippen LogP contribution in [0.5, 0.6) is 0 Å². The van der Waals surface area contributed by atoms with E-state index in [1.807, 2.05) is 0 Å². The molecule has 3 rings (SSSR count). The zero-order valence-corrected chi connectivity index (χ0v) is 16.5. The largest absolute Gasteiger partial charge is 0.456 e. The number of aliphatic hydroxyl groups excluding tert-OH is 1. The Bertz CT molecular complexity index is 883. The summed E-state index contributed by atoms with van der Waals surface area (Å²) in [6.07, 6.45) is -6.19. The average molecular weight is 414 g/mol. The molecule has 158 valence electrons. The number of hydrogen-bond acceptors (Lipinski definition) is 8. The first kappa shape index (κ1) is 21.5. The van der Waals surface area contributed by atoms with E-state index in [-0.39, 0.29) is 11.1 Å². The minimum absolute atomic E-state index is 0.237. The van der Waals surface area contributed by atoms with Crippen LogP contribution in [0.4, 0.5) is 0 Å². The molecule has 1 N–H and O–H groups in total. The molecule has 0 radical (unpaired) electrons. The van der Waals surface area contributed by atoms with E-state index in [9.17, 15) is 19.5 Å². The van der Waals surface area contributed by atoms with Gasteiger partial charge >= 0.3 is 17.9 Å². The summed E-state index contributed by atoms with van der Waals surface area (Å²) in [6, 6.07) is 16.3. The van der Waals surface area contributed by atoms with Gasteiger partial charge in [0.15, 0.2) is 24.6 Å². The molecule has 2 aromatic rings. The van der Waals surface area contributed by atoms with Gasteiger partial charge in [0.2, 0.25) is 0 Å². The van der Waals surface area contributed by atoms with Crippen molar-refractivity contribution in [2.24, 2.45) is 0 Å². The van der Waals surface area contributed by atoms with Crippen LogP contribution in [0.15, 0.2) is 60.7 Å². The third-order valence-corrected chi connectivity index (χ3v) is 4.55. The van der Waals surface area contributed by atoms with Crippen LogP contribution in [0.25, 0.3) is 0 Å². The second-order valence-electron chi connectivity index (χ2n) is 6.78. The predicted octanol–water partition coefficient (Wildman–Crippen LogP) is 2.11. The maximum atomic E-state index is 12.6. The highest BCUT2D eigenvalue weighted by molar-refractivity contribution is 5.90. The quantitative estimate of drug-likeness (QED) is 0.585. The third-order valence-electron chi connectivity index (χ3n) is 4.55. The van der Waals surface area contributed by atoms with Crippen molar-refractivity contribution in [1.29, 1.82) is 0 Å². The maximum Gasteiger partial charge on any atom is 0.338 e. The Kier molecular flexibility index (Phi) is 6.81. The van der Waals surface area contributed by atoms with Gasteiger partial charge in [0.1, 0.15) is 0 Å². The average Bonchev–Trinajstić information content (AvgIpc) is 2.74. The van der Waals surface area contributed by atoms with Crippen LogP contribution in [0.2, 0.25) is 0 Å². The van der Waals surface area contributed by atoms with Crippen LogP contribution in [0, 0.1) is 0 Å².